The van der Waals surface area contributed by atoms with Crippen LogP contribution >= 0.6 is 11.6 Å². The number of halogens is 1. The summed E-state index contributed by atoms with van der Waals surface area (Å²) >= 11 is 6.42. The van der Waals surface area contributed by atoms with Gasteiger partial charge in [0.05, 0.1) is 18.8 Å². The maximum Gasteiger partial charge on any atom is 0.151 e. The molecule has 0 N–H and O–H groups in total. The Morgan fingerprint density at radius 1 is 1.12 bits per heavy atom. The molecule has 1 aromatic carbocycles. The lowest BCUT2D eigenvalue weighted by Gasteiger charge is -2.59. The first-order valence-electron chi connectivity index (χ1n) is 12.2. The van der Waals surface area contributed by atoms with Crippen molar-refractivity contribution in [2.45, 2.75) is 51.2 Å². The molecule has 4 aliphatic rings. The molecule has 8 nitrogen and oxygen atoms in total. The highest BCUT2D eigenvalue weighted by atomic mass is 35.5. The summed E-state index contributed by atoms with van der Waals surface area (Å²) in [5.74, 6) is 4.42. The minimum absolute atomic E-state index is 0.372. The molecule has 2 saturated heterocycles. The van der Waals surface area contributed by atoms with E-state index >= 15 is 0 Å². The molecule has 3 fully saturated rings. The first kappa shape index (κ1) is 20.8. The fourth-order valence-corrected chi connectivity index (χ4v) is 6.55. The largest absolute Gasteiger partial charge is 0.380 e. The zero-order valence-corrected chi connectivity index (χ0v) is 20.1. The number of benzene rings is 1. The van der Waals surface area contributed by atoms with Crippen LogP contribution in [0.2, 0.25) is 5.02 Å². The molecule has 0 amide bonds. The van der Waals surface area contributed by atoms with Crippen LogP contribution in [-0.4, -0.2) is 62.0 Å². The maximum absolute atomic E-state index is 6.42. The zero-order valence-electron chi connectivity index (χ0n) is 19.3. The molecular formula is C25H28ClN7O. The van der Waals surface area contributed by atoms with Gasteiger partial charge in [-0.15, -0.1) is 10.2 Å². The summed E-state index contributed by atoms with van der Waals surface area (Å²) in [5.41, 5.74) is 2.78. The summed E-state index contributed by atoms with van der Waals surface area (Å²) in [4.78, 5) is 13.7. The Hall–Kier alpha value is -2.55. The van der Waals surface area contributed by atoms with E-state index in [1.54, 1.807) is 0 Å². The highest BCUT2D eigenvalue weighted by molar-refractivity contribution is 6.30. The van der Waals surface area contributed by atoms with Gasteiger partial charge in [0.25, 0.3) is 0 Å². The average molecular weight is 478 g/mol. The first-order valence-corrected chi connectivity index (χ1v) is 12.5. The second-order valence-electron chi connectivity index (χ2n) is 10.4. The van der Waals surface area contributed by atoms with Crippen LogP contribution in [0.3, 0.4) is 0 Å². The second kappa shape index (κ2) is 7.73. The molecule has 5 heterocycles. The van der Waals surface area contributed by atoms with Crippen molar-refractivity contribution in [2.75, 3.05) is 31.2 Å². The Bertz CT molecular complexity index is 1240. The number of ether oxygens (including phenoxy) is 1. The second-order valence-corrected chi connectivity index (χ2v) is 10.9. The number of hydrogen-bond acceptors (Lipinski definition) is 7. The Morgan fingerprint density at radius 3 is 2.79 bits per heavy atom. The van der Waals surface area contributed by atoms with Gasteiger partial charge in [-0.25, -0.2) is 9.97 Å². The molecule has 176 valence electrons. The van der Waals surface area contributed by atoms with Crippen molar-refractivity contribution in [3.05, 3.63) is 58.5 Å². The van der Waals surface area contributed by atoms with Crippen LogP contribution in [0.1, 0.15) is 48.2 Å². The van der Waals surface area contributed by atoms with Crippen molar-refractivity contribution in [3.63, 3.8) is 0 Å². The van der Waals surface area contributed by atoms with Crippen LogP contribution < -0.4 is 4.90 Å². The van der Waals surface area contributed by atoms with E-state index in [1.165, 1.54) is 11.3 Å². The molecule has 9 heteroatoms. The summed E-state index contributed by atoms with van der Waals surface area (Å²) in [5, 5.41) is 10.2. The average Bonchev–Trinajstić information content (AvgIpc) is 3.40. The van der Waals surface area contributed by atoms with Gasteiger partial charge in [-0.05, 0) is 56.0 Å². The van der Waals surface area contributed by atoms with Gasteiger partial charge in [0.2, 0.25) is 0 Å². The SMILES string of the molecule is Cc1nccc(N2CC3(CC(c4nnc5n4-c4ccc(Cl)cc4CN([C@@H]4CCOC4)C5)C3)C2)n1. The minimum Gasteiger partial charge on any atom is -0.380 e. The molecule has 3 aromatic rings. The number of nitrogens with zero attached hydrogens (tertiary/aromatic N) is 7. The highest BCUT2D eigenvalue weighted by Crippen LogP contribution is 2.56. The van der Waals surface area contributed by atoms with Gasteiger partial charge >= 0.3 is 0 Å². The number of aryl methyl sites for hydroxylation is 1. The van der Waals surface area contributed by atoms with E-state index in [9.17, 15) is 0 Å². The number of rotatable bonds is 3. The molecular weight excluding hydrogens is 450 g/mol. The quantitative estimate of drug-likeness (QED) is 0.571. The van der Waals surface area contributed by atoms with Crippen molar-refractivity contribution < 1.29 is 4.74 Å². The van der Waals surface area contributed by atoms with Crippen LogP contribution in [0.25, 0.3) is 5.69 Å². The third-order valence-electron chi connectivity index (χ3n) is 8.04. The number of anilines is 1. The standard InChI is InChI=1S/C25H28ClN7O/c1-16-27-6-4-22(28-16)32-14-25(15-32)9-18(10-25)24-30-29-23-12-31(20-5-7-34-13-20)11-17-8-19(26)2-3-21(17)33(23)24/h2-4,6,8,18,20H,5,7,9-15H2,1H3/t20-/m1/s1. The molecule has 1 saturated carbocycles. The Kier molecular flexibility index (Phi) is 4.73. The van der Waals surface area contributed by atoms with Crippen LogP contribution in [-0.2, 0) is 17.8 Å². The predicted octanol–water partition coefficient (Wildman–Crippen LogP) is 3.51. The van der Waals surface area contributed by atoms with Crippen molar-refractivity contribution in [3.8, 4) is 5.69 Å². The van der Waals surface area contributed by atoms with Gasteiger partial charge < -0.3 is 9.64 Å². The summed E-state index contributed by atoms with van der Waals surface area (Å²) < 4.78 is 8.01. The predicted molar refractivity (Wildman–Crippen MR) is 128 cm³/mol. The molecule has 7 rings (SSSR count). The van der Waals surface area contributed by atoms with Gasteiger partial charge in [-0.1, -0.05) is 11.6 Å². The van der Waals surface area contributed by atoms with E-state index in [4.69, 9.17) is 26.5 Å². The smallest absolute Gasteiger partial charge is 0.151 e. The summed E-state index contributed by atoms with van der Waals surface area (Å²) in [7, 11) is 0. The summed E-state index contributed by atoms with van der Waals surface area (Å²) in [6.07, 6.45) is 5.20. The molecule has 2 aromatic heterocycles. The Labute approximate surface area is 203 Å². The molecule has 1 spiro atoms. The Balaban J connectivity index is 1.14. The van der Waals surface area contributed by atoms with E-state index in [2.05, 4.69) is 36.5 Å². The fraction of sp³-hybridized carbons (Fsp3) is 0.520. The van der Waals surface area contributed by atoms with E-state index in [0.717, 1.165) is 87.0 Å². The van der Waals surface area contributed by atoms with Crippen molar-refractivity contribution in [2.24, 2.45) is 5.41 Å². The molecule has 1 aliphatic carbocycles. The van der Waals surface area contributed by atoms with Gasteiger partial charge in [0, 0.05) is 54.8 Å². The molecule has 34 heavy (non-hydrogen) atoms. The first-order chi connectivity index (χ1) is 16.6. The van der Waals surface area contributed by atoms with Gasteiger partial charge in [0.1, 0.15) is 17.5 Å². The van der Waals surface area contributed by atoms with Crippen LogP contribution in [0.15, 0.2) is 30.5 Å². The number of hydrogen-bond donors (Lipinski definition) is 0. The van der Waals surface area contributed by atoms with Crippen LogP contribution in [0.4, 0.5) is 5.82 Å². The van der Waals surface area contributed by atoms with Gasteiger partial charge in [0.15, 0.2) is 5.82 Å². The van der Waals surface area contributed by atoms with Crippen molar-refractivity contribution in [1.82, 2.24) is 29.6 Å². The summed E-state index contributed by atoms with van der Waals surface area (Å²) in [6, 6.07) is 8.65. The zero-order chi connectivity index (χ0) is 22.9. The topological polar surface area (TPSA) is 72.2 Å². The highest BCUT2D eigenvalue weighted by Gasteiger charge is 2.54. The van der Waals surface area contributed by atoms with E-state index in [1.807, 2.05) is 25.3 Å². The lowest BCUT2D eigenvalue weighted by atomic mass is 9.57. The van der Waals surface area contributed by atoms with Gasteiger partial charge in [-0.3, -0.25) is 9.47 Å². The molecule has 0 unspecified atom stereocenters. The van der Waals surface area contributed by atoms with E-state index < -0.39 is 0 Å². The monoisotopic (exact) mass is 477 g/mol. The van der Waals surface area contributed by atoms with Crippen molar-refractivity contribution >= 4 is 17.4 Å². The lowest BCUT2D eigenvalue weighted by molar-refractivity contribution is 0.0581. The molecule has 1 atom stereocenters. The van der Waals surface area contributed by atoms with Gasteiger partial charge in [-0.2, -0.15) is 0 Å². The van der Waals surface area contributed by atoms with Crippen molar-refractivity contribution in [1.29, 1.82) is 0 Å². The third-order valence-corrected chi connectivity index (χ3v) is 8.27. The summed E-state index contributed by atoms with van der Waals surface area (Å²) in [6.45, 7) is 7.31. The lowest BCUT2D eigenvalue weighted by Crippen LogP contribution is -2.62. The minimum atomic E-state index is 0.372. The fourth-order valence-electron chi connectivity index (χ4n) is 6.35. The van der Waals surface area contributed by atoms with E-state index in [-0.39, 0.29) is 0 Å². The maximum atomic E-state index is 6.42. The molecule has 0 radical (unpaired) electrons. The van der Waals surface area contributed by atoms with Crippen LogP contribution in [0.5, 0.6) is 0 Å². The van der Waals surface area contributed by atoms with Crippen LogP contribution in [0, 0.1) is 12.3 Å². The Morgan fingerprint density at radius 2 is 2.00 bits per heavy atom. The molecule has 3 aliphatic heterocycles. The number of aromatic nitrogens is 5. The molecule has 0 bridgehead atoms. The number of fused-ring (bicyclic) bond motifs is 3. The third kappa shape index (κ3) is 3.34. The van der Waals surface area contributed by atoms with E-state index in [0.29, 0.717) is 17.4 Å². The normalized spacial score (nSPS) is 23.8.